The molecule has 0 bridgehead atoms. The fraction of sp³-hybridized carbons (Fsp3) is 0.227. The third kappa shape index (κ3) is 5.27. The van der Waals surface area contributed by atoms with Crippen molar-refractivity contribution in [2.24, 2.45) is 7.05 Å². The smallest absolute Gasteiger partial charge is 0.359 e. The van der Waals surface area contributed by atoms with Gasteiger partial charge in [-0.2, -0.15) is 5.10 Å². The molecule has 1 atom stereocenters. The van der Waals surface area contributed by atoms with Crippen LogP contribution in [-0.4, -0.2) is 40.3 Å². The number of carbonyl (C=O) groups excluding carboxylic acids is 3. The summed E-state index contributed by atoms with van der Waals surface area (Å²) in [6.45, 7) is 3.27. The van der Waals surface area contributed by atoms with Crippen LogP contribution < -0.4 is 10.9 Å². The molecular weight excluding hydrogens is 434 g/mol. The zero-order chi connectivity index (χ0) is 23.3. The third-order valence-corrected chi connectivity index (χ3v) is 5.44. The summed E-state index contributed by atoms with van der Waals surface area (Å²) < 4.78 is 11.3. The summed E-state index contributed by atoms with van der Waals surface area (Å²) in [6, 6.07) is 13.4. The van der Waals surface area contributed by atoms with Crippen molar-refractivity contribution < 1.29 is 23.9 Å². The first-order valence-corrected chi connectivity index (χ1v) is 10.5. The number of amides is 1. The van der Waals surface area contributed by atoms with Gasteiger partial charge >= 0.3 is 11.9 Å². The maximum absolute atomic E-state index is 12.7. The molecule has 1 amide bonds. The lowest BCUT2D eigenvalue weighted by molar-refractivity contribution is -0.123. The highest BCUT2D eigenvalue weighted by molar-refractivity contribution is 7.20. The monoisotopic (exact) mass is 455 g/mol. The topological polar surface area (TPSA) is 117 Å². The number of anilines is 1. The van der Waals surface area contributed by atoms with Crippen LogP contribution in [0.3, 0.4) is 0 Å². The molecule has 3 rings (SSSR count). The molecule has 1 N–H and O–H groups in total. The van der Waals surface area contributed by atoms with Crippen LogP contribution in [0.25, 0.3) is 10.4 Å². The molecular formula is C22H21N3O6S. The number of esters is 2. The van der Waals surface area contributed by atoms with Gasteiger partial charge in [-0.25, -0.2) is 14.3 Å². The Kier molecular flexibility index (Phi) is 7.16. The minimum atomic E-state index is -1.18. The summed E-state index contributed by atoms with van der Waals surface area (Å²) in [5.74, 6) is -2.06. The largest absolute Gasteiger partial charge is 0.462 e. The molecule has 10 heteroatoms. The van der Waals surface area contributed by atoms with Gasteiger partial charge in [0.1, 0.15) is 5.00 Å². The van der Waals surface area contributed by atoms with Crippen molar-refractivity contribution in [3.63, 3.8) is 0 Å². The van der Waals surface area contributed by atoms with Crippen molar-refractivity contribution in [1.82, 2.24) is 9.78 Å². The van der Waals surface area contributed by atoms with Gasteiger partial charge in [0, 0.05) is 18.0 Å². The van der Waals surface area contributed by atoms with Gasteiger partial charge in [0.05, 0.1) is 12.2 Å². The van der Waals surface area contributed by atoms with Crippen molar-refractivity contribution in [1.29, 1.82) is 0 Å². The molecule has 0 aliphatic carbocycles. The molecule has 9 nitrogen and oxygen atoms in total. The summed E-state index contributed by atoms with van der Waals surface area (Å²) >= 11 is 1.21. The number of nitrogens with zero attached hydrogens (tertiary/aromatic N) is 2. The molecule has 2 heterocycles. The molecule has 0 saturated heterocycles. The van der Waals surface area contributed by atoms with Crippen LogP contribution in [0.4, 0.5) is 5.00 Å². The number of carbonyl (C=O) groups is 3. The molecule has 0 radical (unpaired) electrons. The number of hydrogen-bond donors (Lipinski definition) is 1. The van der Waals surface area contributed by atoms with Crippen LogP contribution in [0.1, 0.15) is 34.7 Å². The molecule has 0 aliphatic rings. The van der Waals surface area contributed by atoms with E-state index in [1.807, 2.05) is 30.3 Å². The molecule has 1 aromatic carbocycles. The van der Waals surface area contributed by atoms with Gasteiger partial charge in [0.25, 0.3) is 11.5 Å². The Morgan fingerprint density at radius 3 is 2.50 bits per heavy atom. The minimum Gasteiger partial charge on any atom is -0.462 e. The van der Waals surface area contributed by atoms with E-state index in [9.17, 15) is 19.2 Å². The molecule has 3 aromatic rings. The Labute approximate surface area is 187 Å². The van der Waals surface area contributed by atoms with Crippen LogP contribution >= 0.6 is 11.3 Å². The quantitative estimate of drug-likeness (QED) is 0.545. The number of hydrogen-bond acceptors (Lipinski definition) is 8. The molecule has 1 unspecified atom stereocenters. The Balaban J connectivity index is 1.78. The highest BCUT2D eigenvalue weighted by atomic mass is 32.1. The number of thiophene rings is 1. The van der Waals surface area contributed by atoms with E-state index in [1.165, 1.54) is 37.4 Å². The standard InChI is InChI=1S/C22H21N3O6S/c1-4-30-21(28)15-12-17(14-8-6-5-7-9-14)32-20(15)23-19(27)13(2)31-22(29)16-10-11-18(26)25(3)24-16/h5-13H,4H2,1-3H3,(H,23,27). The Bertz CT molecular complexity index is 1200. The maximum atomic E-state index is 12.7. The number of rotatable bonds is 7. The molecule has 0 fully saturated rings. The van der Waals surface area contributed by atoms with Crippen molar-refractivity contribution in [3.8, 4) is 10.4 Å². The normalized spacial score (nSPS) is 11.5. The molecule has 0 aliphatic heterocycles. The Morgan fingerprint density at radius 2 is 1.84 bits per heavy atom. The molecule has 0 saturated carbocycles. The van der Waals surface area contributed by atoms with E-state index in [0.29, 0.717) is 0 Å². The van der Waals surface area contributed by atoms with Crippen molar-refractivity contribution in [2.75, 3.05) is 11.9 Å². The molecule has 166 valence electrons. The second-order valence-corrected chi connectivity index (χ2v) is 7.71. The predicted molar refractivity (Wildman–Crippen MR) is 119 cm³/mol. The van der Waals surface area contributed by atoms with E-state index in [0.717, 1.165) is 15.1 Å². The first-order chi connectivity index (χ1) is 15.3. The van der Waals surface area contributed by atoms with E-state index < -0.39 is 23.9 Å². The number of ether oxygens (including phenoxy) is 2. The lowest BCUT2D eigenvalue weighted by atomic mass is 10.1. The summed E-state index contributed by atoms with van der Waals surface area (Å²) in [4.78, 5) is 49.5. The average molecular weight is 455 g/mol. The van der Waals surface area contributed by atoms with Crippen LogP contribution in [0.5, 0.6) is 0 Å². The third-order valence-electron chi connectivity index (χ3n) is 4.35. The highest BCUT2D eigenvalue weighted by Gasteiger charge is 2.24. The number of aryl methyl sites for hydroxylation is 1. The first kappa shape index (κ1) is 22.9. The van der Waals surface area contributed by atoms with E-state index in [2.05, 4.69) is 10.4 Å². The number of nitrogens with one attached hydrogen (secondary N) is 1. The molecule has 2 aromatic heterocycles. The van der Waals surface area contributed by atoms with E-state index in [-0.39, 0.29) is 28.4 Å². The Hall–Kier alpha value is -3.79. The summed E-state index contributed by atoms with van der Waals surface area (Å²) in [7, 11) is 1.40. The van der Waals surface area contributed by atoms with Crippen molar-refractivity contribution in [2.45, 2.75) is 20.0 Å². The van der Waals surface area contributed by atoms with Crippen molar-refractivity contribution >= 4 is 34.2 Å². The maximum Gasteiger partial charge on any atom is 0.359 e. The van der Waals surface area contributed by atoms with Crippen LogP contribution in [0.2, 0.25) is 0 Å². The first-order valence-electron chi connectivity index (χ1n) is 9.72. The zero-order valence-corrected chi connectivity index (χ0v) is 18.5. The fourth-order valence-electron chi connectivity index (χ4n) is 2.69. The summed E-state index contributed by atoms with van der Waals surface area (Å²) in [5, 5.41) is 6.73. The lowest BCUT2D eigenvalue weighted by Crippen LogP contribution is -2.31. The van der Waals surface area contributed by atoms with Gasteiger partial charge in [-0.05, 0) is 31.5 Å². The second kappa shape index (κ2) is 10.0. The predicted octanol–water partition coefficient (Wildman–Crippen LogP) is 2.87. The number of benzene rings is 1. The highest BCUT2D eigenvalue weighted by Crippen LogP contribution is 2.36. The molecule has 32 heavy (non-hydrogen) atoms. The SMILES string of the molecule is CCOC(=O)c1cc(-c2ccccc2)sc1NC(=O)C(C)OC(=O)c1ccc(=O)n(C)n1. The number of aromatic nitrogens is 2. The van der Waals surface area contributed by atoms with Gasteiger partial charge in [-0.15, -0.1) is 11.3 Å². The zero-order valence-electron chi connectivity index (χ0n) is 17.7. The van der Waals surface area contributed by atoms with Crippen LogP contribution in [0.15, 0.2) is 53.3 Å². The van der Waals surface area contributed by atoms with Crippen LogP contribution in [0, 0.1) is 0 Å². The van der Waals surface area contributed by atoms with E-state index in [4.69, 9.17) is 9.47 Å². The lowest BCUT2D eigenvalue weighted by Gasteiger charge is -2.13. The fourth-order valence-corrected chi connectivity index (χ4v) is 3.74. The van der Waals surface area contributed by atoms with E-state index in [1.54, 1.807) is 13.0 Å². The molecule has 0 spiro atoms. The van der Waals surface area contributed by atoms with Crippen LogP contribution in [-0.2, 0) is 21.3 Å². The average Bonchev–Trinajstić information content (AvgIpc) is 3.20. The van der Waals surface area contributed by atoms with Gasteiger partial charge in [-0.1, -0.05) is 30.3 Å². The summed E-state index contributed by atoms with van der Waals surface area (Å²) in [5.41, 5.74) is 0.596. The van der Waals surface area contributed by atoms with Crippen molar-refractivity contribution in [3.05, 3.63) is 70.1 Å². The Morgan fingerprint density at radius 1 is 1.12 bits per heavy atom. The van der Waals surface area contributed by atoms with Gasteiger partial charge in [0.15, 0.2) is 11.8 Å². The minimum absolute atomic E-state index is 0.110. The van der Waals surface area contributed by atoms with Gasteiger partial charge in [-0.3, -0.25) is 9.59 Å². The van der Waals surface area contributed by atoms with E-state index >= 15 is 0 Å². The second-order valence-electron chi connectivity index (χ2n) is 6.66. The van der Waals surface area contributed by atoms with Gasteiger partial charge in [0.2, 0.25) is 0 Å². The van der Waals surface area contributed by atoms with Gasteiger partial charge < -0.3 is 14.8 Å². The summed E-state index contributed by atoms with van der Waals surface area (Å²) in [6.07, 6.45) is -1.18.